The maximum absolute atomic E-state index is 11.4. The molecule has 1 fully saturated rings. The number of aryl methyl sites for hydroxylation is 1. The van der Waals surface area contributed by atoms with Gasteiger partial charge in [-0.25, -0.2) is 0 Å². The predicted molar refractivity (Wildman–Crippen MR) is 55.7 cm³/mol. The number of aromatic nitrogens is 2. The quantitative estimate of drug-likeness (QED) is 0.781. The summed E-state index contributed by atoms with van der Waals surface area (Å²) < 4.78 is 0. The summed E-state index contributed by atoms with van der Waals surface area (Å²) in [5.74, 6) is -0.728. The second kappa shape index (κ2) is 3.68. The Balaban J connectivity index is 2.37. The number of carbonyl (C=O) groups is 1. The second-order valence-corrected chi connectivity index (χ2v) is 4.38. The first-order chi connectivity index (χ1) is 7.15. The number of hydrogen-bond donors (Lipinski definition) is 2. The van der Waals surface area contributed by atoms with E-state index in [9.17, 15) is 9.90 Å². The third kappa shape index (κ3) is 1.64. The third-order valence-electron chi connectivity index (χ3n) is 3.31. The van der Waals surface area contributed by atoms with E-state index in [1.165, 1.54) is 0 Å². The Hall–Kier alpha value is -1.32. The van der Waals surface area contributed by atoms with Crippen LogP contribution in [0, 0.1) is 6.92 Å². The Bertz CT molecular complexity index is 364. The summed E-state index contributed by atoms with van der Waals surface area (Å²) >= 11 is 0. The number of nitrogens with one attached hydrogen (secondary N) is 1. The van der Waals surface area contributed by atoms with Crippen LogP contribution in [0.15, 0.2) is 6.07 Å². The van der Waals surface area contributed by atoms with E-state index < -0.39 is 11.4 Å². The lowest BCUT2D eigenvalue weighted by atomic mass is 9.72. The molecular weight excluding hydrogens is 192 g/mol. The molecule has 0 aromatic carbocycles. The summed E-state index contributed by atoms with van der Waals surface area (Å²) in [5, 5.41) is 16.4. The Kier molecular flexibility index (Phi) is 2.50. The lowest BCUT2D eigenvalue weighted by Crippen LogP contribution is -2.38. The largest absolute Gasteiger partial charge is 0.481 e. The van der Waals surface area contributed by atoms with Crippen LogP contribution in [0.2, 0.25) is 0 Å². The molecule has 82 valence electrons. The Morgan fingerprint density at radius 2 is 2.13 bits per heavy atom. The summed E-state index contributed by atoms with van der Waals surface area (Å²) in [6.45, 7) is 1.90. The van der Waals surface area contributed by atoms with Gasteiger partial charge in [-0.05, 0) is 25.8 Å². The van der Waals surface area contributed by atoms with Crippen molar-refractivity contribution < 1.29 is 9.90 Å². The van der Waals surface area contributed by atoms with Crippen molar-refractivity contribution in [2.45, 2.75) is 44.4 Å². The fourth-order valence-corrected chi connectivity index (χ4v) is 2.40. The Labute approximate surface area is 88.7 Å². The van der Waals surface area contributed by atoms with E-state index in [-0.39, 0.29) is 0 Å². The number of nitrogens with zero attached hydrogens (tertiary/aromatic N) is 1. The zero-order valence-electron chi connectivity index (χ0n) is 8.92. The first-order valence-electron chi connectivity index (χ1n) is 5.41. The fourth-order valence-electron chi connectivity index (χ4n) is 2.40. The summed E-state index contributed by atoms with van der Waals surface area (Å²) in [6, 6.07) is 1.86. The number of carboxylic acids is 1. The highest BCUT2D eigenvalue weighted by atomic mass is 16.4. The van der Waals surface area contributed by atoms with Crippen molar-refractivity contribution in [1.29, 1.82) is 0 Å². The average Bonchev–Trinajstić information content (AvgIpc) is 2.66. The van der Waals surface area contributed by atoms with Gasteiger partial charge in [0.2, 0.25) is 0 Å². The first kappa shape index (κ1) is 10.2. The molecule has 15 heavy (non-hydrogen) atoms. The molecule has 0 radical (unpaired) electrons. The van der Waals surface area contributed by atoms with E-state index in [4.69, 9.17) is 0 Å². The molecule has 4 heteroatoms. The van der Waals surface area contributed by atoms with Crippen LogP contribution in [0.3, 0.4) is 0 Å². The maximum Gasteiger partial charge on any atom is 0.315 e. The van der Waals surface area contributed by atoms with E-state index in [0.717, 1.165) is 25.0 Å². The number of H-pyrrole nitrogens is 1. The van der Waals surface area contributed by atoms with Crippen LogP contribution in [0.5, 0.6) is 0 Å². The molecule has 0 unspecified atom stereocenters. The van der Waals surface area contributed by atoms with Gasteiger partial charge in [-0.1, -0.05) is 19.3 Å². The van der Waals surface area contributed by atoms with Crippen molar-refractivity contribution in [3.63, 3.8) is 0 Å². The molecule has 1 aliphatic rings. The zero-order valence-corrected chi connectivity index (χ0v) is 8.92. The van der Waals surface area contributed by atoms with Crippen molar-refractivity contribution in [1.82, 2.24) is 10.2 Å². The molecular formula is C11H16N2O2. The van der Waals surface area contributed by atoms with Crippen molar-refractivity contribution in [2.75, 3.05) is 0 Å². The molecule has 2 N–H and O–H groups in total. The lowest BCUT2D eigenvalue weighted by molar-refractivity contribution is -0.145. The average molecular weight is 208 g/mol. The van der Waals surface area contributed by atoms with Crippen LogP contribution in [0.4, 0.5) is 0 Å². The number of aromatic amines is 1. The van der Waals surface area contributed by atoms with E-state index in [2.05, 4.69) is 10.2 Å². The molecule has 2 rings (SSSR count). The smallest absolute Gasteiger partial charge is 0.315 e. The Morgan fingerprint density at radius 1 is 1.47 bits per heavy atom. The highest BCUT2D eigenvalue weighted by Gasteiger charge is 2.43. The number of rotatable bonds is 2. The van der Waals surface area contributed by atoms with Gasteiger partial charge in [0.05, 0.1) is 5.69 Å². The van der Waals surface area contributed by atoms with Gasteiger partial charge in [-0.15, -0.1) is 0 Å². The molecule has 0 aliphatic heterocycles. The molecule has 0 atom stereocenters. The van der Waals surface area contributed by atoms with Gasteiger partial charge >= 0.3 is 5.97 Å². The van der Waals surface area contributed by atoms with Gasteiger partial charge in [0.15, 0.2) is 0 Å². The summed E-state index contributed by atoms with van der Waals surface area (Å²) in [4.78, 5) is 11.4. The van der Waals surface area contributed by atoms with Crippen LogP contribution in [-0.2, 0) is 10.2 Å². The van der Waals surface area contributed by atoms with E-state index in [1.807, 2.05) is 13.0 Å². The van der Waals surface area contributed by atoms with Crippen molar-refractivity contribution in [3.05, 3.63) is 17.5 Å². The molecule has 0 amide bonds. The minimum atomic E-state index is -0.733. The molecule has 1 aromatic rings. The summed E-state index contributed by atoms with van der Waals surface area (Å²) in [5.41, 5.74) is 0.895. The fraction of sp³-hybridized carbons (Fsp3) is 0.636. The third-order valence-corrected chi connectivity index (χ3v) is 3.31. The summed E-state index contributed by atoms with van der Waals surface area (Å²) in [7, 11) is 0. The molecule has 1 saturated carbocycles. The highest BCUT2D eigenvalue weighted by Crippen LogP contribution is 2.38. The van der Waals surface area contributed by atoms with Crippen LogP contribution in [-0.4, -0.2) is 21.3 Å². The van der Waals surface area contributed by atoms with Crippen LogP contribution >= 0.6 is 0 Å². The normalized spacial score (nSPS) is 20.1. The maximum atomic E-state index is 11.4. The highest BCUT2D eigenvalue weighted by molar-refractivity contribution is 5.80. The van der Waals surface area contributed by atoms with Gasteiger partial charge in [-0.3, -0.25) is 9.89 Å². The van der Waals surface area contributed by atoms with E-state index in [0.29, 0.717) is 18.5 Å². The minimum absolute atomic E-state index is 0.701. The first-order valence-corrected chi connectivity index (χ1v) is 5.41. The van der Waals surface area contributed by atoms with Crippen LogP contribution in [0.25, 0.3) is 0 Å². The number of hydrogen-bond acceptors (Lipinski definition) is 2. The van der Waals surface area contributed by atoms with Gasteiger partial charge in [0, 0.05) is 5.69 Å². The van der Waals surface area contributed by atoms with Crippen LogP contribution < -0.4 is 0 Å². The van der Waals surface area contributed by atoms with Gasteiger partial charge in [-0.2, -0.15) is 5.10 Å². The monoisotopic (exact) mass is 208 g/mol. The summed E-state index contributed by atoms with van der Waals surface area (Å²) in [6.07, 6.45) is 4.54. The lowest BCUT2D eigenvalue weighted by Gasteiger charge is -2.31. The molecule has 4 nitrogen and oxygen atoms in total. The van der Waals surface area contributed by atoms with Gasteiger partial charge in [0.25, 0.3) is 0 Å². The van der Waals surface area contributed by atoms with Crippen molar-refractivity contribution >= 4 is 5.97 Å². The van der Waals surface area contributed by atoms with E-state index >= 15 is 0 Å². The van der Waals surface area contributed by atoms with Crippen molar-refractivity contribution in [3.8, 4) is 0 Å². The number of carboxylic acid groups (broad SMARTS) is 1. The molecule has 1 heterocycles. The van der Waals surface area contributed by atoms with Crippen molar-refractivity contribution in [2.24, 2.45) is 0 Å². The standard InChI is InChI=1S/C11H16N2O2/c1-8-7-9(13-12-8)11(10(14)15)5-3-2-4-6-11/h7H,2-6H2,1H3,(H,12,13)(H,14,15). The molecule has 0 saturated heterocycles. The molecule has 0 spiro atoms. The van der Waals surface area contributed by atoms with Gasteiger partial charge < -0.3 is 5.11 Å². The topological polar surface area (TPSA) is 66.0 Å². The second-order valence-electron chi connectivity index (χ2n) is 4.38. The predicted octanol–water partition coefficient (Wildman–Crippen LogP) is 2.00. The minimum Gasteiger partial charge on any atom is -0.481 e. The number of aliphatic carboxylic acids is 1. The molecule has 1 aliphatic carbocycles. The SMILES string of the molecule is Cc1cc(C2(C(=O)O)CCCCC2)n[nH]1. The molecule has 1 aromatic heterocycles. The van der Waals surface area contributed by atoms with Crippen LogP contribution in [0.1, 0.15) is 43.5 Å². The Morgan fingerprint density at radius 3 is 2.60 bits per heavy atom. The van der Waals surface area contributed by atoms with Gasteiger partial charge in [0.1, 0.15) is 5.41 Å². The van der Waals surface area contributed by atoms with E-state index in [1.54, 1.807) is 0 Å². The zero-order chi connectivity index (χ0) is 10.9. The molecule has 0 bridgehead atoms.